The molecule has 0 atom stereocenters. The predicted molar refractivity (Wildman–Crippen MR) is 124 cm³/mol. The first-order valence-electron chi connectivity index (χ1n) is 10.6. The minimum atomic E-state index is -0.470. The Kier molecular flexibility index (Phi) is 6.34. The molecule has 170 valence electrons. The molecule has 0 radical (unpaired) electrons. The number of nitro benzene ring substituents is 1. The third kappa shape index (κ3) is 5.00. The summed E-state index contributed by atoms with van der Waals surface area (Å²) in [6, 6.07) is 13.4. The van der Waals surface area contributed by atoms with E-state index in [0.29, 0.717) is 37.3 Å². The Morgan fingerprint density at radius 3 is 2.48 bits per heavy atom. The van der Waals surface area contributed by atoms with Crippen LogP contribution in [0, 0.1) is 10.1 Å². The molecule has 1 aliphatic heterocycles. The van der Waals surface area contributed by atoms with E-state index in [-0.39, 0.29) is 34.9 Å². The molecule has 1 aliphatic rings. The summed E-state index contributed by atoms with van der Waals surface area (Å²) < 4.78 is 1.58. The van der Waals surface area contributed by atoms with Gasteiger partial charge in [0.25, 0.3) is 5.69 Å². The Labute approximate surface area is 190 Å². The van der Waals surface area contributed by atoms with E-state index in [1.807, 2.05) is 35.2 Å². The zero-order valence-corrected chi connectivity index (χ0v) is 18.1. The number of rotatable bonds is 6. The molecule has 0 aliphatic carbocycles. The average Bonchev–Trinajstić information content (AvgIpc) is 3.25. The summed E-state index contributed by atoms with van der Waals surface area (Å²) >= 11 is 0. The van der Waals surface area contributed by atoms with E-state index in [1.165, 1.54) is 12.3 Å². The highest BCUT2D eigenvalue weighted by Crippen LogP contribution is 2.32. The number of para-hydroxylation sites is 1. The maximum atomic E-state index is 12.7. The summed E-state index contributed by atoms with van der Waals surface area (Å²) in [5.41, 5.74) is 1.27. The van der Waals surface area contributed by atoms with Crippen LogP contribution < -0.4 is 15.5 Å². The Bertz CT molecular complexity index is 1170. The van der Waals surface area contributed by atoms with Crippen LogP contribution in [0.5, 0.6) is 0 Å². The average molecular weight is 448 g/mol. The van der Waals surface area contributed by atoms with E-state index in [1.54, 1.807) is 29.9 Å². The van der Waals surface area contributed by atoms with Crippen molar-refractivity contribution in [3.8, 4) is 0 Å². The van der Waals surface area contributed by atoms with Crippen molar-refractivity contribution in [3.05, 3.63) is 82.4 Å². The third-order valence-corrected chi connectivity index (χ3v) is 5.66. The molecule has 0 saturated carbocycles. The quantitative estimate of drug-likeness (QED) is 0.339. The number of anilines is 2. The lowest BCUT2D eigenvalue weighted by molar-refractivity contribution is -0.384. The molecule has 4 rings (SSSR count). The summed E-state index contributed by atoms with van der Waals surface area (Å²) in [5.74, 6) is -0.151. The largest absolute Gasteiger partial charge is 0.366 e. The lowest BCUT2D eigenvalue weighted by Gasteiger charge is -2.33. The lowest BCUT2D eigenvalue weighted by Crippen LogP contribution is -2.46. The van der Waals surface area contributed by atoms with Crippen LogP contribution in [0.4, 0.5) is 21.9 Å². The minimum absolute atomic E-state index is 0.0340. The van der Waals surface area contributed by atoms with Gasteiger partial charge in [0.05, 0.1) is 4.92 Å². The second-order valence-electron chi connectivity index (χ2n) is 7.88. The number of ketones is 1. The summed E-state index contributed by atoms with van der Waals surface area (Å²) in [6.45, 7) is 1.09. The number of amides is 2. The molecular formula is C23H24N6O4. The molecule has 33 heavy (non-hydrogen) atoms. The van der Waals surface area contributed by atoms with Crippen LogP contribution in [0.1, 0.15) is 29.0 Å². The molecule has 2 heterocycles. The van der Waals surface area contributed by atoms with E-state index >= 15 is 0 Å². The Morgan fingerprint density at radius 1 is 1.12 bits per heavy atom. The topological polar surface area (TPSA) is 122 Å². The number of urea groups is 1. The zero-order chi connectivity index (χ0) is 23.4. The molecular weight excluding hydrogens is 424 g/mol. The number of aromatic nitrogens is 2. The molecule has 0 bridgehead atoms. The van der Waals surface area contributed by atoms with Gasteiger partial charge < -0.3 is 20.1 Å². The maximum absolute atomic E-state index is 12.7. The molecule has 0 unspecified atom stereocenters. The second-order valence-corrected chi connectivity index (χ2v) is 7.88. The number of imidazole rings is 1. The predicted octanol–water partition coefficient (Wildman–Crippen LogP) is 3.35. The van der Waals surface area contributed by atoms with Crippen LogP contribution in [0.25, 0.3) is 0 Å². The monoisotopic (exact) mass is 448 g/mol. The van der Waals surface area contributed by atoms with Gasteiger partial charge in [-0.05, 0) is 37.1 Å². The fourth-order valence-corrected chi connectivity index (χ4v) is 3.93. The van der Waals surface area contributed by atoms with Crippen LogP contribution in [0.3, 0.4) is 0 Å². The molecule has 1 saturated heterocycles. The highest BCUT2D eigenvalue weighted by molar-refractivity contribution is 6.07. The van der Waals surface area contributed by atoms with Crippen LogP contribution in [0.15, 0.2) is 60.9 Å². The maximum Gasteiger partial charge on any atom is 0.319 e. The second kappa shape index (κ2) is 9.51. The first-order valence-corrected chi connectivity index (χ1v) is 10.6. The van der Waals surface area contributed by atoms with E-state index in [9.17, 15) is 19.7 Å². The number of carbonyl (C=O) groups excluding carboxylic acids is 2. The van der Waals surface area contributed by atoms with E-state index in [4.69, 9.17) is 0 Å². The molecule has 10 nitrogen and oxygen atoms in total. The Hall–Kier alpha value is -4.21. The van der Waals surface area contributed by atoms with Crippen molar-refractivity contribution >= 4 is 28.9 Å². The van der Waals surface area contributed by atoms with Gasteiger partial charge in [0.1, 0.15) is 5.69 Å². The van der Waals surface area contributed by atoms with Gasteiger partial charge in [-0.2, -0.15) is 0 Å². The van der Waals surface area contributed by atoms with Crippen molar-refractivity contribution in [2.45, 2.75) is 18.9 Å². The normalized spacial score (nSPS) is 14.0. The first kappa shape index (κ1) is 22.0. The number of aryl methyl sites for hydroxylation is 1. The van der Waals surface area contributed by atoms with Crippen molar-refractivity contribution < 1.29 is 14.5 Å². The minimum Gasteiger partial charge on any atom is -0.366 e. The summed E-state index contributed by atoms with van der Waals surface area (Å²) in [7, 11) is 1.70. The van der Waals surface area contributed by atoms with Gasteiger partial charge in [0.2, 0.25) is 5.78 Å². The zero-order valence-electron chi connectivity index (χ0n) is 18.1. The lowest BCUT2D eigenvalue weighted by atomic mass is 10.0. The van der Waals surface area contributed by atoms with Crippen LogP contribution >= 0.6 is 0 Å². The van der Waals surface area contributed by atoms with Gasteiger partial charge in [-0.1, -0.05) is 18.2 Å². The molecule has 1 aromatic heterocycles. The fourth-order valence-electron chi connectivity index (χ4n) is 3.93. The molecule has 1 fully saturated rings. The highest BCUT2D eigenvalue weighted by atomic mass is 16.6. The molecule has 2 amide bonds. The smallest absolute Gasteiger partial charge is 0.319 e. The number of benzene rings is 2. The summed E-state index contributed by atoms with van der Waals surface area (Å²) in [5, 5.41) is 17.5. The fraction of sp³-hybridized carbons (Fsp3) is 0.261. The standard InChI is InChI=1S/C23H24N6O4/c1-27-14-11-24-22(27)21(30)16-7-8-19(20(15-16)29(32)33)28-12-9-18(10-13-28)26-23(31)25-17-5-3-2-4-6-17/h2-8,11,14-15,18H,9-10,12-13H2,1H3,(H2,25,26,31). The van der Waals surface area contributed by atoms with Crippen molar-refractivity contribution in [1.29, 1.82) is 0 Å². The third-order valence-electron chi connectivity index (χ3n) is 5.66. The van der Waals surface area contributed by atoms with Crippen molar-refractivity contribution in [3.63, 3.8) is 0 Å². The van der Waals surface area contributed by atoms with Gasteiger partial charge in [-0.15, -0.1) is 0 Å². The first-order chi connectivity index (χ1) is 15.9. The van der Waals surface area contributed by atoms with E-state index in [2.05, 4.69) is 15.6 Å². The van der Waals surface area contributed by atoms with Gasteiger partial charge in [-0.25, -0.2) is 9.78 Å². The number of carbonyl (C=O) groups is 2. The SMILES string of the molecule is Cn1ccnc1C(=O)c1ccc(N2CCC(NC(=O)Nc3ccccc3)CC2)c([N+](=O)[O-])c1. The number of hydrogen-bond acceptors (Lipinski definition) is 6. The molecule has 2 aromatic carbocycles. The molecule has 10 heteroatoms. The van der Waals surface area contributed by atoms with Gasteiger partial charge in [0.15, 0.2) is 5.82 Å². The highest BCUT2D eigenvalue weighted by Gasteiger charge is 2.27. The molecule has 3 aromatic rings. The number of piperidine rings is 1. The summed E-state index contributed by atoms with van der Waals surface area (Å²) in [4.78, 5) is 42.2. The Balaban J connectivity index is 1.41. The van der Waals surface area contributed by atoms with E-state index < -0.39 is 4.92 Å². The van der Waals surface area contributed by atoms with Crippen LogP contribution in [-0.4, -0.2) is 45.4 Å². The molecule has 2 N–H and O–H groups in total. The number of nitro groups is 1. The van der Waals surface area contributed by atoms with Gasteiger partial charge in [0, 0.05) is 55.9 Å². The van der Waals surface area contributed by atoms with Crippen molar-refractivity contribution in [1.82, 2.24) is 14.9 Å². The number of nitrogens with one attached hydrogen (secondary N) is 2. The van der Waals surface area contributed by atoms with Crippen LogP contribution in [-0.2, 0) is 7.05 Å². The van der Waals surface area contributed by atoms with Crippen LogP contribution in [0.2, 0.25) is 0 Å². The van der Waals surface area contributed by atoms with E-state index in [0.717, 1.165) is 0 Å². The van der Waals surface area contributed by atoms with Gasteiger partial charge >= 0.3 is 6.03 Å². The van der Waals surface area contributed by atoms with Crippen molar-refractivity contribution in [2.24, 2.45) is 7.05 Å². The van der Waals surface area contributed by atoms with Crippen molar-refractivity contribution in [2.75, 3.05) is 23.3 Å². The summed E-state index contributed by atoms with van der Waals surface area (Å²) in [6.07, 6.45) is 4.45. The van der Waals surface area contributed by atoms with Gasteiger partial charge in [-0.3, -0.25) is 14.9 Å². The Morgan fingerprint density at radius 2 is 1.85 bits per heavy atom. The number of nitrogens with zero attached hydrogens (tertiary/aromatic N) is 4. The molecule has 0 spiro atoms. The number of hydrogen-bond donors (Lipinski definition) is 2.